The highest BCUT2D eigenvalue weighted by atomic mass is 35.5. The number of aromatic nitrogens is 1. The normalized spacial score (nSPS) is 13.9. The summed E-state index contributed by atoms with van der Waals surface area (Å²) < 4.78 is 5.38. The zero-order valence-corrected chi connectivity index (χ0v) is 16.9. The lowest BCUT2D eigenvalue weighted by atomic mass is 10.0. The molecule has 0 fully saturated rings. The molecule has 0 aliphatic carbocycles. The summed E-state index contributed by atoms with van der Waals surface area (Å²) in [5, 5.41) is 4.14. The molecular formula is C22H22ClN3O3. The maximum absolute atomic E-state index is 13.0. The number of nitrogens with one attached hydrogen (secondary N) is 2. The van der Waals surface area contributed by atoms with Crippen LogP contribution in [0.2, 0.25) is 5.02 Å². The molecule has 1 aliphatic rings. The molecule has 0 radical (unpaired) electrons. The summed E-state index contributed by atoms with van der Waals surface area (Å²) in [5.74, 6) is 0.566. The Morgan fingerprint density at radius 1 is 1.24 bits per heavy atom. The summed E-state index contributed by atoms with van der Waals surface area (Å²) in [6.45, 7) is 1.76. The van der Waals surface area contributed by atoms with Gasteiger partial charge in [-0.25, -0.2) is 0 Å². The zero-order valence-electron chi connectivity index (χ0n) is 16.1. The van der Waals surface area contributed by atoms with E-state index in [0.29, 0.717) is 42.2 Å². The minimum absolute atomic E-state index is 0.00572. The Kier molecular flexibility index (Phi) is 5.56. The van der Waals surface area contributed by atoms with Crippen molar-refractivity contribution >= 4 is 28.4 Å². The summed E-state index contributed by atoms with van der Waals surface area (Å²) in [4.78, 5) is 30.8. The van der Waals surface area contributed by atoms with Crippen molar-refractivity contribution in [2.75, 3.05) is 20.2 Å². The molecule has 0 spiro atoms. The Balaban J connectivity index is 1.47. The molecular weight excluding hydrogens is 390 g/mol. The fourth-order valence-electron chi connectivity index (χ4n) is 3.73. The average molecular weight is 412 g/mol. The number of nitrogens with zero attached hydrogens (tertiary/aromatic N) is 1. The van der Waals surface area contributed by atoms with Gasteiger partial charge in [-0.1, -0.05) is 35.9 Å². The van der Waals surface area contributed by atoms with Gasteiger partial charge in [0.15, 0.2) is 5.43 Å². The number of carbonyl (C=O) groups is 1. The summed E-state index contributed by atoms with van der Waals surface area (Å²) in [7, 11) is 1.59. The standard InChI is InChI=1S/C22H22ClN3O3/c1-29-19-8-4-6-15-21(19)25-18-9-10-26(12-16(18)22(15)28)13-20(27)24-11-14-5-2-3-7-17(14)23/h2-8H,9-13H2,1H3,(H,24,27)(H,25,28). The molecule has 0 atom stereocenters. The van der Waals surface area contributed by atoms with E-state index in [-0.39, 0.29) is 17.9 Å². The first-order valence-corrected chi connectivity index (χ1v) is 9.88. The largest absolute Gasteiger partial charge is 0.495 e. The van der Waals surface area contributed by atoms with E-state index in [1.807, 2.05) is 35.2 Å². The Morgan fingerprint density at radius 3 is 2.86 bits per heavy atom. The SMILES string of the molecule is COc1cccc2c(=O)c3c([nH]c12)CCN(CC(=O)NCc1ccccc1Cl)C3. The van der Waals surface area contributed by atoms with Crippen molar-refractivity contribution < 1.29 is 9.53 Å². The number of hydrogen-bond acceptors (Lipinski definition) is 4. The first kappa shape index (κ1) is 19.5. The molecule has 1 aromatic heterocycles. The van der Waals surface area contributed by atoms with Crippen LogP contribution in [0.1, 0.15) is 16.8 Å². The number of H-pyrrole nitrogens is 1. The molecule has 3 aromatic rings. The predicted octanol–water partition coefficient (Wildman–Crippen LogP) is 2.86. The smallest absolute Gasteiger partial charge is 0.234 e. The second kappa shape index (κ2) is 8.27. The summed E-state index contributed by atoms with van der Waals surface area (Å²) in [6, 6.07) is 12.9. The Labute approximate surface area is 173 Å². The second-order valence-corrected chi connectivity index (χ2v) is 7.53. The highest BCUT2D eigenvalue weighted by Crippen LogP contribution is 2.24. The third-order valence-corrected chi connectivity index (χ3v) is 5.63. The minimum Gasteiger partial charge on any atom is -0.495 e. The number of para-hydroxylation sites is 1. The summed E-state index contributed by atoms with van der Waals surface area (Å²) in [6.07, 6.45) is 0.677. The van der Waals surface area contributed by atoms with Gasteiger partial charge in [0, 0.05) is 47.7 Å². The maximum Gasteiger partial charge on any atom is 0.234 e. The van der Waals surface area contributed by atoms with Crippen molar-refractivity contribution in [2.45, 2.75) is 19.5 Å². The van der Waals surface area contributed by atoms with Gasteiger partial charge in [0.1, 0.15) is 5.75 Å². The van der Waals surface area contributed by atoms with Crippen LogP contribution in [0.25, 0.3) is 10.9 Å². The Bertz CT molecular complexity index is 1130. The first-order valence-electron chi connectivity index (χ1n) is 9.50. The van der Waals surface area contributed by atoms with Crippen molar-refractivity contribution in [3.8, 4) is 5.75 Å². The molecule has 1 amide bonds. The fourth-order valence-corrected chi connectivity index (χ4v) is 3.93. The first-order chi connectivity index (χ1) is 14.1. The number of ether oxygens (including phenoxy) is 1. The van der Waals surface area contributed by atoms with Gasteiger partial charge in [0.25, 0.3) is 0 Å². The molecule has 2 heterocycles. The van der Waals surface area contributed by atoms with Crippen molar-refractivity contribution in [1.82, 2.24) is 15.2 Å². The Hall–Kier alpha value is -2.83. The number of aromatic amines is 1. The minimum atomic E-state index is -0.0905. The zero-order chi connectivity index (χ0) is 20.4. The third kappa shape index (κ3) is 3.99. The highest BCUT2D eigenvalue weighted by molar-refractivity contribution is 6.31. The molecule has 0 bridgehead atoms. The van der Waals surface area contributed by atoms with Crippen LogP contribution in [0.3, 0.4) is 0 Å². The van der Waals surface area contributed by atoms with Gasteiger partial charge in [0.05, 0.1) is 19.2 Å². The maximum atomic E-state index is 13.0. The topological polar surface area (TPSA) is 74.4 Å². The number of pyridine rings is 1. The van der Waals surface area contributed by atoms with E-state index >= 15 is 0 Å². The highest BCUT2D eigenvalue weighted by Gasteiger charge is 2.23. The van der Waals surface area contributed by atoms with E-state index in [0.717, 1.165) is 22.3 Å². The van der Waals surface area contributed by atoms with Gasteiger partial charge in [0.2, 0.25) is 5.91 Å². The Morgan fingerprint density at radius 2 is 2.07 bits per heavy atom. The lowest BCUT2D eigenvalue weighted by molar-refractivity contribution is -0.122. The molecule has 0 saturated carbocycles. The van der Waals surface area contributed by atoms with Crippen LogP contribution in [0, 0.1) is 0 Å². The van der Waals surface area contributed by atoms with Crippen LogP contribution in [-0.4, -0.2) is 36.0 Å². The molecule has 0 saturated heterocycles. The van der Waals surface area contributed by atoms with E-state index < -0.39 is 0 Å². The number of amides is 1. The van der Waals surface area contributed by atoms with Gasteiger partial charge in [-0.3, -0.25) is 14.5 Å². The number of rotatable bonds is 5. The molecule has 150 valence electrons. The molecule has 2 N–H and O–H groups in total. The number of methoxy groups -OCH3 is 1. The third-order valence-electron chi connectivity index (χ3n) is 5.27. The van der Waals surface area contributed by atoms with E-state index in [1.54, 1.807) is 19.2 Å². The monoisotopic (exact) mass is 411 g/mol. The van der Waals surface area contributed by atoms with Gasteiger partial charge in [-0.2, -0.15) is 0 Å². The average Bonchev–Trinajstić information content (AvgIpc) is 2.73. The molecule has 6 nitrogen and oxygen atoms in total. The van der Waals surface area contributed by atoms with E-state index in [9.17, 15) is 9.59 Å². The van der Waals surface area contributed by atoms with E-state index in [1.165, 1.54) is 0 Å². The van der Waals surface area contributed by atoms with Crippen LogP contribution < -0.4 is 15.5 Å². The number of hydrogen-bond donors (Lipinski definition) is 2. The lowest BCUT2D eigenvalue weighted by Gasteiger charge is -2.28. The quantitative estimate of drug-likeness (QED) is 0.677. The number of benzene rings is 2. The fraction of sp³-hybridized carbons (Fsp3) is 0.273. The second-order valence-electron chi connectivity index (χ2n) is 7.12. The molecule has 7 heteroatoms. The van der Waals surface area contributed by atoms with Crippen LogP contribution in [0.4, 0.5) is 0 Å². The summed E-state index contributed by atoms with van der Waals surface area (Å²) in [5.41, 5.74) is 3.23. The van der Waals surface area contributed by atoms with Gasteiger partial charge in [-0.05, 0) is 23.8 Å². The molecule has 29 heavy (non-hydrogen) atoms. The van der Waals surface area contributed by atoms with Crippen molar-refractivity contribution in [2.24, 2.45) is 0 Å². The van der Waals surface area contributed by atoms with Crippen LogP contribution in [0.15, 0.2) is 47.3 Å². The van der Waals surface area contributed by atoms with Gasteiger partial charge >= 0.3 is 0 Å². The van der Waals surface area contributed by atoms with Crippen LogP contribution in [-0.2, 0) is 24.3 Å². The van der Waals surface area contributed by atoms with Crippen molar-refractivity contribution in [1.29, 1.82) is 0 Å². The lowest BCUT2D eigenvalue weighted by Crippen LogP contribution is -2.41. The van der Waals surface area contributed by atoms with Crippen molar-refractivity contribution in [3.63, 3.8) is 0 Å². The number of halogens is 1. The molecule has 2 aromatic carbocycles. The predicted molar refractivity (Wildman–Crippen MR) is 113 cm³/mol. The number of carbonyl (C=O) groups excluding carboxylic acids is 1. The molecule has 4 rings (SSSR count). The molecule has 1 aliphatic heterocycles. The van der Waals surface area contributed by atoms with Gasteiger partial charge in [-0.15, -0.1) is 0 Å². The van der Waals surface area contributed by atoms with Crippen molar-refractivity contribution in [3.05, 3.63) is 74.5 Å². The molecule has 0 unspecified atom stereocenters. The van der Waals surface area contributed by atoms with Gasteiger partial charge < -0.3 is 15.0 Å². The van der Waals surface area contributed by atoms with E-state index in [4.69, 9.17) is 16.3 Å². The van der Waals surface area contributed by atoms with Crippen LogP contribution >= 0.6 is 11.6 Å². The summed E-state index contributed by atoms with van der Waals surface area (Å²) >= 11 is 6.13. The number of fused-ring (bicyclic) bond motifs is 2. The van der Waals surface area contributed by atoms with Crippen LogP contribution in [0.5, 0.6) is 5.75 Å². The van der Waals surface area contributed by atoms with E-state index in [2.05, 4.69) is 10.3 Å².